The topological polar surface area (TPSA) is 221 Å². The summed E-state index contributed by atoms with van der Waals surface area (Å²) < 4.78 is 72.2. The Morgan fingerprint density at radius 2 is 1.67 bits per heavy atom. The first-order valence-corrected chi connectivity index (χ1v) is 20.6. The van der Waals surface area contributed by atoms with E-state index in [0.717, 1.165) is 0 Å². The summed E-state index contributed by atoms with van der Waals surface area (Å²) in [6.07, 6.45) is -10.4. The van der Waals surface area contributed by atoms with Gasteiger partial charge in [-0.15, -0.1) is 0 Å². The van der Waals surface area contributed by atoms with Gasteiger partial charge in [0.25, 0.3) is 0 Å². The number of carbonyl (C=O) groups excluding carboxylic acids is 1. The normalized spacial score (nSPS) is 44.6. The molecule has 4 aliphatic heterocycles. The standard InChI is InChI=1S/C38H60N2O14S/c1-10-26-38(8)19-39-33(54-38)20(2)17-36(6,45)32(53-35-29(42)25(16-27(41)51-35)40-55(46,47)24-14-12-11-13-15-24)21(3)30(22(4)34(44)50-26)52-28-18-37(7,48-9)31(43)23(5)49-28/h11-15,20-23,25-32,35,40-43,45H,10,16-19H2,1-9H3/t20-,21+,22-,23+,25+,26-,27+,28+,29-,30+,31+,32-,35+,36-,37-,38-/m1/s1. The van der Waals surface area contributed by atoms with E-state index < -0.39 is 112 Å². The third-order valence-corrected chi connectivity index (χ3v) is 13.2. The third kappa shape index (κ3) is 9.38. The molecule has 0 unspecified atom stereocenters. The number of aliphatic hydroxyl groups is 4. The van der Waals surface area contributed by atoms with Gasteiger partial charge in [-0.2, -0.15) is 0 Å². The molecule has 0 spiro atoms. The van der Waals surface area contributed by atoms with Gasteiger partial charge in [-0.1, -0.05) is 39.0 Å². The van der Waals surface area contributed by atoms with E-state index in [4.69, 9.17) is 33.2 Å². The summed E-state index contributed by atoms with van der Waals surface area (Å²) in [7, 11) is -2.67. The monoisotopic (exact) mass is 800 g/mol. The Hall–Kier alpha value is -2.29. The van der Waals surface area contributed by atoms with Crippen LogP contribution in [-0.4, -0.2) is 133 Å². The van der Waals surface area contributed by atoms with E-state index in [9.17, 15) is 33.6 Å². The molecule has 4 heterocycles. The number of aliphatic hydroxyl groups excluding tert-OH is 3. The van der Waals surface area contributed by atoms with Crippen molar-refractivity contribution in [2.75, 3.05) is 13.7 Å². The Kier molecular flexibility index (Phi) is 13.5. The van der Waals surface area contributed by atoms with Crippen molar-refractivity contribution in [2.45, 2.75) is 164 Å². The number of rotatable bonds is 9. The molecule has 312 valence electrons. The first-order chi connectivity index (χ1) is 25.6. The molecule has 4 aliphatic rings. The van der Waals surface area contributed by atoms with E-state index in [1.807, 2.05) is 20.8 Å². The fourth-order valence-electron chi connectivity index (χ4n) is 8.36. The number of esters is 1. The second-order valence-corrected chi connectivity index (χ2v) is 18.0. The number of hydrogen-bond acceptors (Lipinski definition) is 15. The first-order valence-electron chi connectivity index (χ1n) is 19.1. The van der Waals surface area contributed by atoms with Crippen LogP contribution in [0.15, 0.2) is 40.2 Å². The Balaban J connectivity index is 1.53. The lowest BCUT2D eigenvalue weighted by molar-refractivity contribution is -0.332. The smallest absolute Gasteiger partial charge is 0.311 e. The zero-order valence-electron chi connectivity index (χ0n) is 33.2. The molecule has 16 atom stereocenters. The quantitative estimate of drug-likeness (QED) is 0.226. The van der Waals surface area contributed by atoms with Gasteiger partial charge in [0.15, 0.2) is 30.4 Å². The van der Waals surface area contributed by atoms with Gasteiger partial charge in [-0.05, 0) is 59.6 Å². The van der Waals surface area contributed by atoms with Crippen LogP contribution in [0.3, 0.4) is 0 Å². The average molecular weight is 801 g/mol. The van der Waals surface area contributed by atoms with Crippen LogP contribution in [0.2, 0.25) is 0 Å². The van der Waals surface area contributed by atoms with Crippen molar-refractivity contribution in [3.05, 3.63) is 30.3 Å². The first kappa shape index (κ1) is 43.8. The molecule has 0 amide bonds. The number of sulfonamides is 1. The molecule has 0 aromatic heterocycles. The molecule has 3 saturated heterocycles. The van der Waals surface area contributed by atoms with Gasteiger partial charge in [0.1, 0.15) is 18.3 Å². The number of nitrogens with zero attached hydrogens (tertiary/aromatic N) is 1. The Morgan fingerprint density at radius 3 is 2.31 bits per heavy atom. The predicted molar refractivity (Wildman–Crippen MR) is 197 cm³/mol. The SMILES string of the molecule is CC[C@H]1OC(=O)[C@H](C)[C@@H](O[C@H]2C[C@@](C)(OC)[C@@H](O)[C@H](C)O2)[C@H](C)[C@@H](O[C@@H]2O[C@H](O)C[C@H](NS(=O)(=O)c3ccccc3)[C@H]2O)[C@](C)(O)C[C@@H](C)C2=NC[C@@]1(C)O2. The molecule has 3 fully saturated rings. The molecule has 0 radical (unpaired) electrons. The fraction of sp³-hybridized carbons (Fsp3) is 0.789. The molecule has 5 N–H and O–H groups in total. The number of carbonyl (C=O) groups is 1. The van der Waals surface area contributed by atoms with Crippen LogP contribution in [0.25, 0.3) is 0 Å². The maximum Gasteiger partial charge on any atom is 0.311 e. The number of hydrogen-bond donors (Lipinski definition) is 5. The largest absolute Gasteiger partial charge is 0.469 e. The molecule has 2 bridgehead atoms. The van der Waals surface area contributed by atoms with Gasteiger partial charge in [0, 0.05) is 31.8 Å². The minimum atomic E-state index is -4.14. The van der Waals surface area contributed by atoms with Crippen LogP contribution in [0.4, 0.5) is 0 Å². The van der Waals surface area contributed by atoms with Crippen LogP contribution < -0.4 is 4.72 Å². The van der Waals surface area contributed by atoms with E-state index in [0.29, 0.717) is 12.3 Å². The van der Waals surface area contributed by atoms with Crippen LogP contribution in [0.5, 0.6) is 0 Å². The fourth-order valence-corrected chi connectivity index (χ4v) is 9.65. The summed E-state index contributed by atoms with van der Waals surface area (Å²) in [4.78, 5) is 18.7. The molecule has 1 aromatic carbocycles. The lowest BCUT2D eigenvalue weighted by Crippen LogP contribution is -2.61. The van der Waals surface area contributed by atoms with Crippen molar-refractivity contribution >= 4 is 21.9 Å². The van der Waals surface area contributed by atoms with Crippen molar-refractivity contribution in [3.8, 4) is 0 Å². The van der Waals surface area contributed by atoms with Crippen molar-refractivity contribution in [3.63, 3.8) is 0 Å². The predicted octanol–water partition coefficient (Wildman–Crippen LogP) is 2.00. The van der Waals surface area contributed by atoms with Crippen LogP contribution in [0.1, 0.15) is 81.1 Å². The molecule has 0 saturated carbocycles. The summed E-state index contributed by atoms with van der Waals surface area (Å²) >= 11 is 0. The van der Waals surface area contributed by atoms with Crippen LogP contribution in [-0.2, 0) is 48.0 Å². The van der Waals surface area contributed by atoms with Crippen molar-refractivity contribution < 1.29 is 66.8 Å². The van der Waals surface area contributed by atoms with Crippen LogP contribution in [0, 0.1) is 17.8 Å². The van der Waals surface area contributed by atoms with Gasteiger partial charge in [-0.3, -0.25) is 9.79 Å². The highest BCUT2D eigenvalue weighted by Crippen LogP contribution is 2.41. The van der Waals surface area contributed by atoms with Crippen LogP contribution >= 0.6 is 0 Å². The molecular formula is C38H60N2O14S. The Bertz CT molecular complexity index is 1610. The molecule has 17 heteroatoms. The van der Waals surface area contributed by atoms with Crippen molar-refractivity contribution in [2.24, 2.45) is 22.7 Å². The lowest BCUT2D eigenvalue weighted by Gasteiger charge is -2.48. The Labute approximate surface area is 323 Å². The average Bonchev–Trinajstić information content (AvgIpc) is 3.54. The van der Waals surface area contributed by atoms with E-state index in [1.54, 1.807) is 45.9 Å². The minimum absolute atomic E-state index is 0.0178. The van der Waals surface area contributed by atoms with Gasteiger partial charge < -0.3 is 53.6 Å². The summed E-state index contributed by atoms with van der Waals surface area (Å²) in [5.74, 6) is -2.64. The zero-order valence-corrected chi connectivity index (χ0v) is 34.0. The Morgan fingerprint density at radius 1 is 1.00 bits per heavy atom. The molecule has 55 heavy (non-hydrogen) atoms. The summed E-state index contributed by atoms with van der Waals surface area (Å²) in [5, 5.41) is 45.8. The molecular weight excluding hydrogens is 740 g/mol. The second-order valence-electron chi connectivity index (χ2n) is 16.3. The number of aliphatic imine (C=N–C) groups is 1. The maximum atomic E-state index is 14.1. The lowest BCUT2D eigenvalue weighted by atomic mass is 9.77. The van der Waals surface area contributed by atoms with E-state index in [2.05, 4.69) is 9.71 Å². The molecule has 5 rings (SSSR count). The van der Waals surface area contributed by atoms with E-state index in [1.165, 1.54) is 26.2 Å². The summed E-state index contributed by atoms with van der Waals surface area (Å²) in [6.45, 7) is 14.0. The van der Waals surface area contributed by atoms with Gasteiger partial charge in [-0.25, -0.2) is 13.1 Å². The second kappa shape index (κ2) is 16.9. The summed E-state index contributed by atoms with van der Waals surface area (Å²) in [5.41, 5.74) is -3.81. The third-order valence-electron chi connectivity index (χ3n) is 11.7. The van der Waals surface area contributed by atoms with E-state index in [-0.39, 0.29) is 30.7 Å². The van der Waals surface area contributed by atoms with Gasteiger partial charge >= 0.3 is 5.97 Å². The number of ether oxygens (including phenoxy) is 7. The minimum Gasteiger partial charge on any atom is -0.469 e. The number of fused-ring (bicyclic) bond motifs is 2. The molecule has 1 aromatic rings. The highest BCUT2D eigenvalue weighted by molar-refractivity contribution is 7.89. The number of benzene rings is 1. The van der Waals surface area contributed by atoms with Gasteiger partial charge in [0.05, 0.1) is 52.9 Å². The van der Waals surface area contributed by atoms with E-state index >= 15 is 0 Å². The van der Waals surface area contributed by atoms with Gasteiger partial charge in [0.2, 0.25) is 10.0 Å². The van der Waals surface area contributed by atoms with Crippen molar-refractivity contribution in [1.82, 2.24) is 4.72 Å². The highest BCUT2D eigenvalue weighted by Gasteiger charge is 2.53. The zero-order chi connectivity index (χ0) is 40.7. The van der Waals surface area contributed by atoms with Crippen molar-refractivity contribution in [1.29, 1.82) is 0 Å². The number of methoxy groups -OCH3 is 1. The number of cyclic esters (lactones) is 1. The highest BCUT2D eigenvalue weighted by atomic mass is 32.2. The molecule has 0 aliphatic carbocycles. The summed E-state index contributed by atoms with van der Waals surface area (Å²) in [6, 6.07) is 6.32. The molecule has 16 nitrogen and oxygen atoms in total. The maximum absolute atomic E-state index is 14.1. The number of nitrogens with one attached hydrogen (secondary N) is 1.